The molecule has 2 aromatic rings. The third kappa shape index (κ3) is 6.06. The van der Waals surface area contributed by atoms with E-state index in [-0.39, 0.29) is 11.7 Å². The summed E-state index contributed by atoms with van der Waals surface area (Å²) >= 11 is 10.6. The van der Waals surface area contributed by atoms with Crippen LogP contribution in [0.3, 0.4) is 0 Å². The van der Waals surface area contributed by atoms with Gasteiger partial charge in [-0.2, -0.15) is 0 Å². The van der Waals surface area contributed by atoms with Crippen LogP contribution in [-0.2, 0) is 16.0 Å². The molecule has 0 bridgehead atoms. The summed E-state index contributed by atoms with van der Waals surface area (Å²) in [6.07, 6.45) is 0.525. The molecule has 0 aliphatic rings. The largest absolute Gasteiger partial charge is 0.506 e. The van der Waals surface area contributed by atoms with Gasteiger partial charge < -0.3 is 14.6 Å². The Kier molecular flexibility index (Phi) is 9.69. The fourth-order valence-corrected chi connectivity index (χ4v) is 6.39. The minimum absolute atomic E-state index is 0.262. The number of carbonyl (C=O) groups excluding carboxylic acids is 1. The van der Waals surface area contributed by atoms with Crippen LogP contribution < -0.4 is 8.27 Å². The lowest BCUT2D eigenvalue weighted by molar-refractivity contribution is -0.142. The van der Waals surface area contributed by atoms with Gasteiger partial charge in [0, 0.05) is 22.9 Å². The van der Waals surface area contributed by atoms with Crippen LogP contribution in [0.1, 0.15) is 5.56 Å². The highest BCUT2D eigenvalue weighted by Crippen LogP contribution is 2.37. The van der Waals surface area contributed by atoms with E-state index in [1.54, 1.807) is 12.1 Å². The van der Waals surface area contributed by atoms with E-state index in [2.05, 4.69) is 93.9 Å². The van der Waals surface area contributed by atoms with Crippen LogP contribution in [0.25, 0.3) is 0 Å². The number of methoxy groups -OCH3 is 1. The van der Waals surface area contributed by atoms with Gasteiger partial charge in [0.05, 0.1) is 21.4 Å². The van der Waals surface area contributed by atoms with Gasteiger partial charge in [-0.1, -0.05) is 0 Å². The van der Waals surface area contributed by atoms with Gasteiger partial charge >= 0.3 is 5.97 Å². The SMILES string of the molecule is COC(=O)[C@H](Cc1cc(I)c(Oc2cc(I)c(O)c(I)c2)c(I)c1)NI. The monoisotopic (exact) mass is 917 g/mol. The van der Waals surface area contributed by atoms with Crippen LogP contribution in [-0.4, -0.2) is 24.2 Å². The summed E-state index contributed by atoms with van der Waals surface area (Å²) in [5.74, 6) is 1.39. The molecule has 0 spiro atoms. The maximum Gasteiger partial charge on any atom is 0.323 e. The van der Waals surface area contributed by atoms with E-state index < -0.39 is 6.04 Å². The van der Waals surface area contributed by atoms with Crippen LogP contribution in [0, 0.1) is 14.3 Å². The van der Waals surface area contributed by atoms with Crippen molar-refractivity contribution >= 4 is 119 Å². The van der Waals surface area contributed by atoms with Gasteiger partial charge in [0.25, 0.3) is 0 Å². The number of nitrogens with one attached hydrogen (secondary N) is 1. The maximum absolute atomic E-state index is 11.8. The molecule has 0 fully saturated rings. The minimum Gasteiger partial charge on any atom is -0.506 e. The number of benzene rings is 2. The van der Waals surface area contributed by atoms with Crippen molar-refractivity contribution in [2.45, 2.75) is 12.5 Å². The predicted molar refractivity (Wildman–Crippen MR) is 142 cm³/mol. The summed E-state index contributed by atoms with van der Waals surface area (Å²) in [5, 5.41) is 9.90. The number of hydrogen-bond acceptors (Lipinski definition) is 5. The van der Waals surface area contributed by atoms with Gasteiger partial charge in [0.15, 0.2) is 5.75 Å². The van der Waals surface area contributed by atoms with Crippen molar-refractivity contribution in [3.63, 3.8) is 0 Å². The van der Waals surface area contributed by atoms with Gasteiger partial charge in [-0.05, 0) is 127 Å². The molecule has 140 valence electrons. The van der Waals surface area contributed by atoms with Gasteiger partial charge in [0.1, 0.15) is 17.5 Å². The molecular weight excluding hydrogens is 905 g/mol. The number of phenolic OH excluding ortho intramolecular Hbond substituents is 1. The molecule has 0 aliphatic heterocycles. The maximum atomic E-state index is 11.8. The Morgan fingerprint density at radius 1 is 1.08 bits per heavy atom. The van der Waals surface area contributed by atoms with Crippen molar-refractivity contribution in [1.82, 2.24) is 3.53 Å². The molecule has 0 unspecified atom stereocenters. The summed E-state index contributed by atoms with van der Waals surface area (Å²) in [7, 11) is 1.38. The van der Waals surface area contributed by atoms with E-state index in [0.717, 1.165) is 25.6 Å². The molecule has 0 saturated carbocycles. The highest BCUT2D eigenvalue weighted by molar-refractivity contribution is 14.1. The predicted octanol–water partition coefficient (Wildman–Crippen LogP) is 5.63. The van der Waals surface area contributed by atoms with Crippen molar-refractivity contribution in [1.29, 1.82) is 0 Å². The van der Waals surface area contributed by atoms with Crippen LogP contribution in [0.4, 0.5) is 0 Å². The van der Waals surface area contributed by atoms with E-state index in [9.17, 15) is 9.90 Å². The average Bonchev–Trinajstić information content (AvgIpc) is 2.59. The zero-order valence-corrected chi connectivity index (χ0v) is 23.9. The number of hydrogen-bond donors (Lipinski definition) is 2. The molecule has 0 aliphatic carbocycles. The van der Waals surface area contributed by atoms with Gasteiger partial charge in [-0.25, -0.2) is 3.53 Å². The molecule has 2 rings (SSSR count). The molecule has 0 aromatic heterocycles. The third-order valence-corrected chi connectivity index (χ3v) is 7.32. The Bertz CT molecular complexity index is 784. The van der Waals surface area contributed by atoms with Crippen LogP contribution >= 0.6 is 113 Å². The lowest BCUT2D eigenvalue weighted by atomic mass is 10.1. The Balaban J connectivity index is 2.28. The highest BCUT2D eigenvalue weighted by Gasteiger charge is 2.20. The van der Waals surface area contributed by atoms with Gasteiger partial charge in [-0.3, -0.25) is 4.79 Å². The number of phenols is 1. The second-order valence-electron chi connectivity index (χ2n) is 5.12. The fraction of sp³-hybridized carbons (Fsp3) is 0.188. The molecule has 2 aromatic carbocycles. The molecule has 0 heterocycles. The van der Waals surface area contributed by atoms with Crippen molar-refractivity contribution in [2.24, 2.45) is 0 Å². The molecule has 26 heavy (non-hydrogen) atoms. The van der Waals surface area contributed by atoms with Crippen LogP contribution in [0.5, 0.6) is 17.2 Å². The first-order valence-electron chi connectivity index (χ1n) is 7.04. The highest BCUT2D eigenvalue weighted by atomic mass is 127. The Hall–Kier alpha value is 1.12. The molecule has 10 heteroatoms. The molecular formula is C16H12I5NO4. The lowest BCUT2D eigenvalue weighted by Gasteiger charge is -2.16. The van der Waals surface area contributed by atoms with Crippen molar-refractivity contribution in [3.05, 3.63) is 44.1 Å². The van der Waals surface area contributed by atoms with E-state index in [1.807, 2.05) is 35.0 Å². The molecule has 1 atom stereocenters. The Morgan fingerprint density at radius 3 is 2.08 bits per heavy atom. The number of rotatable bonds is 6. The summed E-state index contributed by atoms with van der Waals surface area (Å²) in [5.41, 5.74) is 1.01. The Labute approximate surface area is 219 Å². The first kappa shape index (κ1) is 23.4. The zero-order chi connectivity index (χ0) is 19.4. The molecule has 0 amide bonds. The average molecular weight is 917 g/mol. The topological polar surface area (TPSA) is 67.8 Å². The third-order valence-electron chi connectivity index (χ3n) is 3.33. The number of halogens is 5. The van der Waals surface area contributed by atoms with Gasteiger partial charge in [-0.15, -0.1) is 0 Å². The van der Waals surface area contributed by atoms with E-state index >= 15 is 0 Å². The molecule has 0 radical (unpaired) electrons. The Morgan fingerprint density at radius 2 is 1.62 bits per heavy atom. The summed E-state index contributed by atoms with van der Waals surface area (Å²) in [4.78, 5) is 11.8. The molecule has 0 saturated heterocycles. The second-order valence-corrected chi connectivity index (χ2v) is 10.4. The lowest BCUT2D eigenvalue weighted by Crippen LogP contribution is -2.33. The normalized spacial score (nSPS) is 11.9. The summed E-state index contributed by atoms with van der Waals surface area (Å²) < 4.78 is 17.2. The number of aromatic hydroxyl groups is 1. The number of carbonyl (C=O) groups is 1. The van der Waals surface area contributed by atoms with Crippen molar-refractivity contribution in [3.8, 4) is 17.2 Å². The van der Waals surface area contributed by atoms with E-state index in [1.165, 1.54) is 7.11 Å². The summed E-state index contributed by atoms with van der Waals surface area (Å²) in [6.45, 7) is 0. The second kappa shape index (κ2) is 10.8. The standard InChI is InChI=1S/C16H12I5NO4/c1-25-16(24)13(22-21)4-7-2-11(19)15(12(20)3-7)26-8-5-9(17)14(23)10(18)6-8/h2-3,5-6,13,22-23H,4H2,1H3/t13-/m0/s1. The number of esters is 1. The van der Waals surface area contributed by atoms with Crippen molar-refractivity contribution < 1.29 is 19.4 Å². The number of ether oxygens (including phenoxy) is 2. The molecule has 2 N–H and O–H groups in total. The minimum atomic E-state index is -0.403. The van der Waals surface area contributed by atoms with E-state index in [0.29, 0.717) is 12.2 Å². The quantitative estimate of drug-likeness (QED) is 0.224. The van der Waals surface area contributed by atoms with E-state index in [4.69, 9.17) is 9.47 Å². The zero-order valence-electron chi connectivity index (χ0n) is 13.2. The van der Waals surface area contributed by atoms with Crippen LogP contribution in [0.2, 0.25) is 0 Å². The van der Waals surface area contributed by atoms with Crippen LogP contribution in [0.15, 0.2) is 24.3 Å². The molecule has 5 nitrogen and oxygen atoms in total. The summed E-state index contributed by atoms with van der Waals surface area (Å²) in [6, 6.07) is 7.19. The first-order chi connectivity index (χ1) is 12.3. The van der Waals surface area contributed by atoms with Crippen molar-refractivity contribution in [2.75, 3.05) is 7.11 Å². The first-order valence-corrected chi connectivity index (χ1v) is 12.4. The fourth-order valence-electron chi connectivity index (χ4n) is 2.09. The van der Waals surface area contributed by atoms with Gasteiger partial charge in [0.2, 0.25) is 0 Å². The smallest absolute Gasteiger partial charge is 0.323 e.